The number of allylic oxidation sites excluding steroid dienone is 1. The summed E-state index contributed by atoms with van der Waals surface area (Å²) in [6, 6.07) is 11.2. The Bertz CT molecular complexity index is 1500. The van der Waals surface area contributed by atoms with Crippen molar-refractivity contribution < 1.29 is 28.2 Å². The van der Waals surface area contributed by atoms with E-state index < -0.39 is 27.3 Å². The Balaban J connectivity index is 1.36. The lowest BCUT2D eigenvalue weighted by atomic mass is 9.68. The number of aromatic carboxylic acids is 1. The predicted molar refractivity (Wildman–Crippen MR) is 174 cm³/mol. The molecular formula is C34H45ClN2O6S. The average Bonchev–Trinajstić information content (AvgIpc) is 3.10. The number of fused-ring (bicyclic) bond motifs is 3. The van der Waals surface area contributed by atoms with Gasteiger partial charge in [-0.15, -0.1) is 0 Å². The van der Waals surface area contributed by atoms with Crippen LogP contribution >= 0.6 is 11.6 Å². The highest BCUT2D eigenvalue weighted by Gasteiger charge is 2.44. The third-order valence-electron chi connectivity index (χ3n) is 10.1. The normalized spacial score (nSPS) is 25.3. The number of carboxylic acid groups (broad SMARTS) is 1. The fraction of sp³-hybridized carbons (Fsp3) is 0.559. The van der Waals surface area contributed by atoms with Crippen LogP contribution in [-0.2, 0) is 21.9 Å². The Labute approximate surface area is 266 Å². The molecule has 0 radical (unpaired) electrons. The van der Waals surface area contributed by atoms with E-state index in [2.05, 4.69) is 17.0 Å². The summed E-state index contributed by atoms with van der Waals surface area (Å²) in [4.78, 5) is 14.2. The van der Waals surface area contributed by atoms with Crippen LogP contribution in [0.1, 0.15) is 80.3 Å². The Morgan fingerprint density at radius 1 is 1.25 bits per heavy atom. The van der Waals surface area contributed by atoms with Crippen molar-refractivity contribution in [2.45, 2.75) is 82.0 Å². The molecule has 0 bridgehead atoms. The summed E-state index contributed by atoms with van der Waals surface area (Å²) in [6.45, 7) is 5.68. The van der Waals surface area contributed by atoms with Crippen LogP contribution in [0, 0.1) is 17.8 Å². The topological polar surface area (TPSA) is 130 Å². The minimum Gasteiger partial charge on any atom is -0.490 e. The van der Waals surface area contributed by atoms with Crippen molar-refractivity contribution in [1.29, 1.82) is 0 Å². The number of ether oxygens (including phenoxy) is 1. The molecule has 2 aliphatic carbocycles. The van der Waals surface area contributed by atoms with Gasteiger partial charge < -0.3 is 19.8 Å². The SMILES string of the molecule is CCC[C@H]([C@@H](C)C/C=C/[C@H](O)[C@@H]1CC[C@H]1CN1C[C@@]2(CCCc3cc(Cl)ccc32)COc2ccc(C(=O)O)cc21)S(N)(=O)=O. The largest absolute Gasteiger partial charge is 0.490 e. The number of primary sulfonamides is 1. The molecule has 4 N–H and O–H groups in total. The van der Waals surface area contributed by atoms with Crippen molar-refractivity contribution in [2.24, 2.45) is 22.9 Å². The summed E-state index contributed by atoms with van der Waals surface area (Å²) in [5.41, 5.74) is 3.20. The van der Waals surface area contributed by atoms with E-state index in [-0.39, 0.29) is 28.7 Å². The van der Waals surface area contributed by atoms with E-state index >= 15 is 0 Å². The molecule has 0 unspecified atom stereocenters. The summed E-state index contributed by atoms with van der Waals surface area (Å²) in [6.07, 6.45) is 9.61. The van der Waals surface area contributed by atoms with Crippen LogP contribution in [0.5, 0.6) is 5.75 Å². The number of nitrogens with zero attached hydrogens (tertiary/aromatic N) is 1. The van der Waals surface area contributed by atoms with Gasteiger partial charge in [0.25, 0.3) is 0 Å². The standard InChI is InChI=1S/C34H45ClN2O6S/c1-3-6-32(44(36,41)42)22(2)7-4-9-30(38)27-13-10-25(27)19-37-20-34(16-5-8-23-17-26(35)12-14-28(23)34)21-43-31-15-11-24(33(39)40)18-29(31)37/h4,9,11-12,14-15,17-18,22,25,27,30,32,38H,3,5-8,10,13,16,19-21H2,1-2H3,(H,39,40)(H2,36,41,42)/b9-4+/t22-,25-,27+,30-,32+,34-/m0/s1. The number of rotatable bonds is 11. The molecule has 1 fully saturated rings. The molecule has 1 heterocycles. The van der Waals surface area contributed by atoms with Gasteiger partial charge in [0.1, 0.15) is 5.75 Å². The highest BCUT2D eigenvalue weighted by atomic mass is 35.5. The maximum absolute atomic E-state index is 12.1. The number of nitrogens with two attached hydrogens (primary N) is 1. The van der Waals surface area contributed by atoms with Crippen molar-refractivity contribution in [2.75, 3.05) is 24.6 Å². The number of benzene rings is 2. The Hall–Kier alpha value is -2.59. The molecule has 8 nitrogen and oxygen atoms in total. The molecular weight excluding hydrogens is 600 g/mol. The van der Waals surface area contributed by atoms with Crippen molar-refractivity contribution in [3.8, 4) is 5.75 Å². The molecule has 0 saturated heterocycles. The van der Waals surface area contributed by atoms with E-state index in [9.17, 15) is 23.4 Å². The lowest BCUT2D eigenvalue weighted by molar-refractivity contribution is 0.0455. The van der Waals surface area contributed by atoms with E-state index in [0.29, 0.717) is 38.3 Å². The minimum atomic E-state index is -3.64. The van der Waals surface area contributed by atoms with Crippen LogP contribution < -0.4 is 14.8 Å². The number of aliphatic hydroxyl groups is 1. The molecule has 2 aromatic carbocycles. The molecule has 240 valence electrons. The smallest absolute Gasteiger partial charge is 0.335 e. The van der Waals surface area contributed by atoms with Gasteiger partial charge in [-0.3, -0.25) is 0 Å². The zero-order chi connectivity index (χ0) is 31.6. The van der Waals surface area contributed by atoms with Gasteiger partial charge in [0, 0.05) is 23.5 Å². The molecule has 0 amide bonds. The maximum Gasteiger partial charge on any atom is 0.335 e. The first-order valence-electron chi connectivity index (χ1n) is 15.8. The highest BCUT2D eigenvalue weighted by Crippen LogP contribution is 2.46. The van der Waals surface area contributed by atoms with Crippen LogP contribution in [0.3, 0.4) is 0 Å². The lowest BCUT2D eigenvalue weighted by Crippen LogP contribution is -2.49. The maximum atomic E-state index is 12.1. The second kappa shape index (κ2) is 13.4. The van der Waals surface area contributed by atoms with Gasteiger partial charge >= 0.3 is 5.97 Å². The minimum absolute atomic E-state index is 0.0508. The molecule has 10 heteroatoms. The Kier molecular flexibility index (Phi) is 10.00. The van der Waals surface area contributed by atoms with Crippen LogP contribution in [0.25, 0.3) is 0 Å². The molecule has 1 spiro atoms. The number of hydrogen-bond acceptors (Lipinski definition) is 6. The van der Waals surface area contributed by atoms with E-state index in [1.807, 2.05) is 32.1 Å². The molecule has 1 aliphatic heterocycles. The third-order valence-corrected chi connectivity index (χ3v) is 11.9. The number of halogens is 1. The average molecular weight is 645 g/mol. The first-order chi connectivity index (χ1) is 20.9. The van der Waals surface area contributed by atoms with Gasteiger partial charge in [-0.1, -0.05) is 50.1 Å². The number of hydrogen-bond donors (Lipinski definition) is 3. The summed E-state index contributed by atoms with van der Waals surface area (Å²) >= 11 is 6.37. The Morgan fingerprint density at radius 3 is 2.73 bits per heavy atom. The second-order valence-corrected chi connectivity index (χ2v) is 15.4. The van der Waals surface area contributed by atoms with Gasteiger partial charge in [-0.2, -0.15) is 0 Å². The van der Waals surface area contributed by atoms with Crippen molar-refractivity contribution in [3.63, 3.8) is 0 Å². The third kappa shape index (κ3) is 6.96. The number of aliphatic hydroxyl groups excluding tert-OH is 1. The van der Waals surface area contributed by atoms with Crippen LogP contribution in [0.2, 0.25) is 5.02 Å². The molecule has 6 atom stereocenters. The zero-order valence-electron chi connectivity index (χ0n) is 25.6. The number of carboxylic acids is 1. The van der Waals surface area contributed by atoms with Gasteiger partial charge in [-0.05, 0) is 104 Å². The van der Waals surface area contributed by atoms with Gasteiger partial charge in [0.05, 0.1) is 29.2 Å². The van der Waals surface area contributed by atoms with Crippen LogP contribution in [-0.4, -0.2) is 55.7 Å². The lowest BCUT2D eigenvalue weighted by Gasteiger charge is -2.45. The fourth-order valence-corrected chi connectivity index (χ4v) is 9.10. The van der Waals surface area contributed by atoms with E-state index in [0.717, 1.165) is 49.2 Å². The fourth-order valence-electron chi connectivity index (χ4n) is 7.59. The first kappa shape index (κ1) is 32.8. The van der Waals surface area contributed by atoms with Crippen LogP contribution in [0.4, 0.5) is 5.69 Å². The summed E-state index contributed by atoms with van der Waals surface area (Å²) in [5.74, 6) is -0.199. The van der Waals surface area contributed by atoms with Gasteiger partial charge in [-0.25, -0.2) is 18.4 Å². The number of anilines is 1. The quantitative estimate of drug-likeness (QED) is 0.258. The molecule has 1 saturated carbocycles. The van der Waals surface area contributed by atoms with Crippen molar-refractivity contribution in [3.05, 3.63) is 70.3 Å². The number of carbonyl (C=O) groups is 1. The van der Waals surface area contributed by atoms with Crippen molar-refractivity contribution in [1.82, 2.24) is 0 Å². The predicted octanol–water partition coefficient (Wildman–Crippen LogP) is 5.94. The molecule has 44 heavy (non-hydrogen) atoms. The first-order valence-corrected chi connectivity index (χ1v) is 17.8. The van der Waals surface area contributed by atoms with E-state index in [4.69, 9.17) is 21.5 Å². The van der Waals surface area contributed by atoms with E-state index in [1.165, 1.54) is 11.1 Å². The second-order valence-electron chi connectivity index (χ2n) is 13.1. The highest BCUT2D eigenvalue weighted by molar-refractivity contribution is 7.89. The van der Waals surface area contributed by atoms with E-state index in [1.54, 1.807) is 18.2 Å². The molecule has 0 aromatic heterocycles. The number of aryl methyl sites for hydroxylation is 1. The summed E-state index contributed by atoms with van der Waals surface area (Å²) in [7, 11) is -3.64. The van der Waals surface area contributed by atoms with Gasteiger partial charge in [0.15, 0.2) is 0 Å². The van der Waals surface area contributed by atoms with Crippen LogP contribution in [0.15, 0.2) is 48.6 Å². The molecule has 3 aliphatic rings. The summed E-state index contributed by atoms with van der Waals surface area (Å²) in [5, 5.41) is 26.6. The molecule has 5 rings (SSSR count). The zero-order valence-corrected chi connectivity index (χ0v) is 27.2. The van der Waals surface area contributed by atoms with Crippen molar-refractivity contribution >= 4 is 33.3 Å². The van der Waals surface area contributed by atoms with Gasteiger partial charge in [0.2, 0.25) is 10.0 Å². The number of sulfonamides is 1. The summed E-state index contributed by atoms with van der Waals surface area (Å²) < 4.78 is 30.6. The molecule has 2 aromatic rings. The Morgan fingerprint density at radius 2 is 2.05 bits per heavy atom. The monoisotopic (exact) mass is 644 g/mol.